The molecule has 2 atom stereocenters. The molecule has 0 heterocycles. The molecule has 19 heavy (non-hydrogen) atoms. The van der Waals surface area contributed by atoms with Crippen molar-refractivity contribution in [2.45, 2.75) is 18.2 Å². The minimum atomic E-state index is -1.48. The zero-order chi connectivity index (χ0) is 14.3. The molecule has 1 aliphatic carbocycles. The van der Waals surface area contributed by atoms with Gasteiger partial charge in [0.1, 0.15) is 6.61 Å². The van der Waals surface area contributed by atoms with Crippen LogP contribution in [-0.4, -0.2) is 22.7 Å². The molecule has 0 bridgehead atoms. The second kappa shape index (κ2) is 4.80. The van der Waals surface area contributed by atoms with Crippen LogP contribution < -0.4 is 0 Å². The Morgan fingerprint density at radius 1 is 1.32 bits per heavy atom. The number of benzene rings is 1. The second-order valence-electron chi connectivity index (χ2n) is 5.02. The summed E-state index contributed by atoms with van der Waals surface area (Å²) in [6.45, 7) is 3.50. The number of ketones is 1. The highest BCUT2D eigenvalue weighted by atomic mass is 35.5. The largest absolute Gasteiger partial charge is 0.461 e. The molecule has 0 radical (unpaired) electrons. The van der Waals surface area contributed by atoms with Gasteiger partial charge in [0, 0.05) is 5.92 Å². The van der Waals surface area contributed by atoms with E-state index in [9.17, 15) is 9.59 Å². The van der Waals surface area contributed by atoms with E-state index in [0.717, 1.165) is 0 Å². The first-order chi connectivity index (χ1) is 8.80. The Morgan fingerprint density at radius 3 is 2.42 bits per heavy atom. The first kappa shape index (κ1) is 14.4. The normalized spacial score (nSPS) is 28.6. The topological polar surface area (TPSA) is 43.4 Å². The van der Waals surface area contributed by atoms with E-state index in [-0.39, 0.29) is 18.3 Å². The van der Waals surface area contributed by atoms with Crippen molar-refractivity contribution < 1.29 is 14.3 Å². The van der Waals surface area contributed by atoms with E-state index >= 15 is 0 Å². The molecular weight excluding hydrogens is 287 g/mol. The Kier molecular flexibility index (Phi) is 3.63. The van der Waals surface area contributed by atoms with Gasteiger partial charge in [-0.25, -0.2) is 4.79 Å². The van der Waals surface area contributed by atoms with Crippen molar-refractivity contribution >= 4 is 35.0 Å². The zero-order valence-corrected chi connectivity index (χ0v) is 12.2. The third-order valence-electron chi connectivity index (χ3n) is 3.89. The lowest BCUT2D eigenvalue weighted by Gasteiger charge is -2.52. The number of ether oxygens (including phenoxy) is 1. The molecule has 0 amide bonds. The van der Waals surface area contributed by atoms with Gasteiger partial charge in [0.15, 0.2) is 10.1 Å². The van der Waals surface area contributed by atoms with Crippen LogP contribution in [0.2, 0.25) is 0 Å². The Morgan fingerprint density at radius 2 is 1.89 bits per heavy atom. The average molecular weight is 301 g/mol. The number of hydrogen-bond donors (Lipinski definition) is 0. The molecule has 1 aromatic carbocycles. The van der Waals surface area contributed by atoms with E-state index in [4.69, 9.17) is 27.9 Å². The van der Waals surface area contributed by atoms with E-state index in [0.29, 0.717) is 5.56 Å². The summed E-state index contributed by atoms with van der Waals surface area (Å²) in [6, 6.07) is 8.64. The predicted molar refractivity (Wildman–Crippen MR) is 73.4 cm³/mol. The van der Waals surface area contributed by atoms with E-state index in [1.807, 2.05) is 6.07 Å². The summed E-state index contributed by atoms with van der Waals surface area (Å²) in [5.41, 5.74) is -0.295. The van der Waals surface area contributed by atoms with Gasteiger partial charge < -0.3 is 4.74 Å². The highest BCUT2D eigenvalue weighted by molar-refractivity contribution is 6.61. The number of Topliss-reactive ketones (excluding diaryl/α,β-unsaturated/α-hetero) is 1. The smallest absolute Gasteiger partial charge is 0.338 e. The fourth-order valence-electron chi connectivity index (χ4n) is 2.13. The molecule has 0 aromatic heterocycles. The predicted octanol–water partition coefficient (Wildman–Crippen LogP) is 3.24. The fourth-order valence-corrected chi connectivity index (χ4v) is 2.89. The van der Waals surface area contributed by atoms with Crippen LogP contribution >= 0.6 is 23.2 Å². The molecule has 3 nitrogen and oxygen atoms in total. The third-order valence-corrected chi connectivity index (χ3v) is 5.12. The summed E-state index contributed by atoms with van der Waals surface area (Å²) in [7, 11) is 0. The first-order valence-corrected chi connectivity index (χ1v) is 6.70. The van der Waals surface area contributed by atoms with Crippen LogP contribution in [0.25, 0.3) is 0 Å². The van der Waals surface area contributed by atoms with Gasteiger partial charge in [-0.1, -0.05) is 55.2 Å². The van der Waals surface area contributed by atoms with Crippen molar-refractivity contribution in [2.75, 3.05) is 6.61 Å². The molecule has 5 heteroatoms. The highest BCUT2D eigenvalue weighted by Gasteiger charge is 2.67. The maximum absolute atomic E-state index is 11.8. The fraction of sp³-hybridized carbons (Fsp3) is 0.429. The van der Waals surface area contributed by atoms with Crippen molar-refractivity contribution in [3.63, 3.8) is 0 Å². The molecule has 0 aliphatic heterocycles. The van der Waals surface area contributed by atoms with Gasteiger partial charge in [0.2, 0.25) is 0 Å². The van der Waals surface area contributed by atoms with E-state index in [1.165, 1.54) is 0 Å². The van der Waals surface area contributed by atoms with Crippen molar-refractivity contribution in [3.8, 4) is 0 Å². The Labute approximate surface area is 121 Å². The maximum Gasteiger partial charge on any atom is 0.338 e. The summed E-state index contributed by atoms with van der Waals surface area (Å²) in [4.78, 5) is 23.4. The third kappa shape index (κ3) is 2.15. The van der Waals surface area contributed by atoms with Crippen LogP contribution in [0, 0.1) is 11.3 Å². The number of carbonyl (C=O) groups excluding carboxylic acids is 2. The average Bonchev–Trinajstić information content (AvgIpc) is 2.43. The Balaban J connectivity index is 2.04. The van der Waals surface area contributed by atoms with E-state index in [1.54, 1.807) is 38.1 Å². The quantitative estimate of drug-likeness (QED) is 0.636. The van der Waals surface area contributed by atoms with E-state index in [2.05, 4.69) is 0 Å². The van der Waals surface area contributed by atoms with Crippen LogP contribution in [0.3, 0.4) is 0 Å². The summed E-state index contributed by atoms with van der Waals surface area (Å²) >= 11 is 12.0. The van der Waals surface area contributed by atoms with Gasteiger partial charge in [0.25, 0.3) is 0 Å². The molecule has 2 rings (SSSR count). The standard InChI is InChI=1S/C14H14Cl2O3/c1-9-11(17)14(15,16)13(9,2)8-19-12(18)10-6-4-3-5-7-10/h3-7,9H,8H2,1-2H3/t9-,13-/m0/s1. The molecule has 102 valence electrons. The summed E-state index contributed by atoms with van der Waals surface area (Å²) in [6.07, 6.45) is 0. The lowest BCUT2D eigenvalue weighted by molar-refractivity contribution is -0.146. The van der Waals surface area contributed by atoms with E-state index < -0.39 is 15.7 Å². The monoisotopic (exact) mass is 300 g/mol. The first-order valence-electron chi connectivity index (χ1n) is 5.95. The van der Waals surface area contributed by atoms with Gasteiger partial charge in [-0.05, 0) is 12.1 Å². The number of alkyl halides is 2. The number of hydrogen-bond acceptors (Lipinski definition) is 3. The van der Waals surface area contributed by atoms with Gasteiger partial charge in [-0.2, -0.15) is 0 Å². The molecular formula is C14H14Cl2O3. The number of carbonyl (C=O) groups is 2. The van der Waals surface area contributed by atoms with Crippen LogP contribution in [0.1, 0.15) is 24.2 Å². The van der Waals surface area contributed by atoms with Crippen LogP contribution in [-0.2, 0) is 9.53 Å². The Hall–Kier alpha value is -1.06. The van der Waals surface area contributed by atoms with Gasteiger partial charge >= 0.3 is 5.97 Å². The summed E-state index contributed by atoms with van der Waals surface area (Å²) in [5.74, 6) is -1.00. The second-order valence-corrected chi connectivity index (χ2v) is 6.35. The van der Waals surface area contributed by atoms with Crippen LogP contribution in [0.4, 0.5) is 0 Å². The summed E-state index contributed by atoms with van der Waals surface area (Å²) < 4.78 is 3.75. The zero-order valence-electron chi connectivity index (χ0n) is 10.7. The molecule has 0 N–H and O–H groups in total. The molecule has 1 fully saturated rings. The molecule has 0 spiro atoms. The number of halogens is 2. The lowest BCUT2D eigenvalue weighted by atomic mass is 9.60. The van der Waals surface area contributed by atoms with Crippen molar-refractivity contribution in [3.05, 3.63) is 35.9 Å². The summed E-state index contributed by atoms with van der Waals surface area (Å²) in [5, 5.41) is 0. The van der Waals surface area contributed by atoms with Gasteiger partial charge in [-0.3, -0.25) is 4.79 Å². The van der Waals surface area contributed by atoms with Crippen molar-refractivity contribution in [1.82, 2.24) is 0 Å². The minimum Gasteiger partial charge on any atom is -0.461 e. The SMILES string of the molecule is C[C@H]1C(=O)C(Cl)(Cl)[C@@]1(C)COC(=O)c1ccccc1. The minimum absolute atomic E-state index is 0.0145. The van der Waals surface area contributed by atoms with Crippen LogP contribution in [0.15, 0.2) is 30.3 Å². The van der Waals surface area contributed by atoms with Crippen molar-refractivity contribution in [1.29, 1.82) is 0 Å². The molecule has 0 saturated heterocycles. The van der Waals surface area contributed by atoms with Crippen LogP contribution in [0.5, 0.6) is 0 Å². The molecule has 1 aromatic rings. The highest BCUT2D eigenvalue weighted by Crippen LogP contribution is 2.58. The Bertz CT molecular complexity index is 513. The lowest BCUT2D eigenvalue weighted by Crippen LogP contribution is -2.65. The maximum atomic E-state index is 11.8. The molecule has 0 unspecified atom stereocenters. The number of esters is 1. The molecule has 1 aliphatic rings. The van der Waals surface area contributed by atoms with Gasteiger partial charge in [0.05, 0.1) is 11.0 Å². The number of rotatable bonds is 3. The van der Waals surface area contributed by atoms with Crippen molar-refractivity contribution in [2.24, 2.45) is 11.3 Å². The molecule has 1 saturated carbocycles. The van der Waals surface area contributed by atoms with Gasteiger partial charge in [-0.15, -0.1) is 0 Å².